The van der Waals surface area contributed by atoms with E-state index >= 15 is 0 Å². The first-order valence-corrected chi connectivity index (χ1v) is 7.03. The highest BCUT2D eigenvalue weighted by Crippen LogP contribution is 2.13. The molecule has 0 aromatic rings. The molecule has 0 bridgehead atoms. The highest BCUT2D eigenvalue weighted by Gasteiger charge is 2.09. The fourth-order valence-corrected chi connectivity index (χ4v) is 2.14. The van der Waals surface area contributed by atoms with Crippen LogP contribution in [0.4, 0.5) is 0 Å². The Labute approximate surface area is 102 Å². The van der Waals surface area contributed by atoms with Crippen molar-refractivity contribution in [2.45, 2.75) is 65.8 Å². The van der Waals surface area contributed by atoms with Crippen LogP contribution in [0.25, 0.3) is 0 Å². The zero-order valence-corrected chi connectivity index (χ0v) is 11.8. The van der Waals surface area contributed by atoms with Crippen molar-refractivity contribution in [3.63, 3.8) is 0 Å². The van der Waals surface area contributed by atoms with E-state index in [1.807, 2.05) is 0 Å². The third kappa shape index (κ3) is 9.17. The van der Waals surface area contributed by atoms with Gasteiger partial charge in [0, 0.05) is 6.04 Å². The predicted octanol–water partition coefficient (Wildman–Crippen LogP) is 3.17. The Kier molecular flexibility index (Phi) is 10.0. The molecule has 2 unspecified atom stereocenters. The minimum absolute atomic E-state index is 0.664. The molecular weight excluding hydrogens is 196 g/mol. The smallest absolute Gasteiger partial charge is 0.00387 e. The SMILES string of the molecule is CCCCC(C)NCCC(CN)CC(C)C. The predicted molar refractivity (Wildman–Crippen MR) is 73.6 cm³/mol. The fraction of sp³-hybridized carbons (Fsp3) is 1.00. The Balaban J connectivity index is 3.53. The lowest BCUT2D eigenvalue weighted by molar-refractivity contribution is 0.373. The summed E-state index contributed by atoms with van der Waals surface area (Å²) in [6.07, 6.45) is 6.42. The Morgan fingerprint density at radius 1 is 1.12 bits per heavy atom. The summed E-state index contributed by atoms with van der Waals surface area (Å²) in [5, 5.41) is 3.60. The molecule has 0 aliphatic carbocycles. The zero-order chi connectivity index (χ0) is 12.4. The molecule has 98 valence electrons. The van der Waals surface area contributed by atoms with Gasteiger partial charge in [0.25, 0.3) is 0 Å². The number of nitrogens with two attached hydrogens (primary N) is 1. The molecule has 0 aliphatic heterocycles. The standard InChI is InChI=1S/C14H32N2/c1-5-6-7-13(4)16-9-8-14(11-15)10-12(2)3/h12-14,16H,5-11,15H2,1-4H3. The fourth-order valence-electron chi connectivity index (χ4n) is 2.14. The van der Waals surface area contributed by atoms with Crippen LogP contribution in [0.2, 0.25) is 0 Å². The van der Waals surface area contributed by atoms with Crippen molar-refractivity contribution < 1.29 is 0 Å². The van der Waals surface area contributed by atoms with Gasteiger partial charge in [0.2, 0.25) is 0 Å². The van der Waals surface area contributed by atoms with Crippen LogP contribution in [0.5, 0.6) is 0 Å². The molecule has 0 spiro atoms. The molecule has 0 radical (unpaired) electrons. The van der Waals surface area contributed by atoms with Gasteiger partial charge in [-0.05, 0) is 51.1 Å². The Morgan fingerprint density at radius 3 is 2.31 bits per heavy atom. The summed E-state index contributed by atoms with van der Waals surface area (Å²) < 4.78 is 0. The van der Waals surface area contributed by atoms with Gasteiger partial charge in [-0.2, -0.15) is 0 Å². The second kappa shape index (κ2) is 10.1. The lowest BCUT2D eigenvalue weighted by Gasteiger charge is -2.19. The first-order chi connectivity index (χ1) is 7.60. The largest absolute Gasteiger partial charge is 0.330 e. The molecule has 0 saturated carbocycles. The van der Waals surface area contributed by atoms with Crippen molar-refractivity contribution in [2.75, 3.05) is 13.1 Å². The summed E-state index contributed by atoms with van der Waals surface area (Å²) in [6.45, 7) is 11.1. The van der Waals surface area contributed by atoms with Gasteiger partial charge in [-0.1, -0.05) is 33.6 Å². The van der Waals surface area contributed by atoms with Crippen molar-refractivity contribution in [3.8, 4) is 0 Å². The monoisotopic (exact) mass is 228 g/mol. The molecule has 0 fully saturated rings. The molecule has 0 aliphatic rings. The minimum atomic E-state index is 0.664. The van der Waals surface area contributed by atoms with E-state index in [9.17, 15) is 0 Å². The summed E-state index contributed by atoms with van der Waals surface area (Å²) >= 11 is 0. The van der Waals surface area contributed by atoms with Gasteiger partial charge in [0.05, 0.1) is 0 Å². The van der Waals surface area contributed by atoms with E-state index in [2.05, 4.69) is 33.0 Å². The summed E-state index contributed by atoms with van der Waals surface area (Å²) in [5.41, 5.74) is 5.79. The van der Waals surface area contributed by atoms with Crippen molar-refractivity contribution in [3.05, 3.63) is 0 Å². The maximum absolute atomic E-state index is 5.79. The third-order valence-electron chi connectivity index (χ3n) is 3.17. The Morgan fingerprint density at radius 2 is 1.81 bits per heavy atom. The van der Waals surface area contributed by atoms with E-state index in [1.165, 1.54) is 32.1 Å². The van der Waals surface area contributed by atoms with Crippen LogP contribution in [0.15, 0.2) is 0 Å². The topological polar surface area (TPSA) is 38.0 Å². The highest BCUT2D eigenvalue weighted by atomic mass is 14.9. The molecule has 2 heteroatoms. The molecule has 0 heterocycles. The molecule has 2 nitrogen and oxygen atoms in total. The molecule has 2 atom stereocenters. The lowest BCUT2D eigenvalue weighted by atomic mass is 9.94. The maximum Gasteiger partial charge on any atom is 0.00387 e. The second-order valence-electron chi connectivity index (χ2n) is 5.52. The van der Waals surface area contributed by atoms with E-state index in [-0.39, 0.29) is 0 Å². The molecule has 3 N–H and O–H groups in total. The molecular formula is C14H32N2. The van der Waals surface area contributed by atoms with Gasteiger partial charge in [0.1, 0.15) is 0 Å². The van der Waals surface area contributed by atoms with E-state index in [1.54, 1.807) is 0 Å². The van der Waals surface area contributed by atoms with Crippen molar-refractivity contribution in [1.82, 2.24) is 5.32 Å². The summed E-state index contributed by atoms with van der Waals surface area (Å²) in [5.74, 6) is 1.47. The highest BCUT2D eigenvalue weighted by molar-refractivity contribution is 4.66. The number of unbranched alkanes of at least 4 members (excludes halogenated alkanes) is 1. The number of nitrogens with one attached hydrogen (secondary N) is 1. The van der Waals surface area contributed by atoms with Crippen molar-refractivity contribution >= 4 is 0 Å². The van der Waals surface area contributed by atoms with Gasteiger partial charge in [-0.25, -0.2) is 0 Å². The van der Waals surface area contributed by atoms with Crippen molar-refractivity contribution in [1.29, 1.82) is 0 Å². The normalized spacial score (nSPS) is 15.4. The third-order valence-corrected chi connectivity index (χ3v) is 3.17. The van der Waals surface area contributed by atoms with Crippen LogP contribution in [0.3, 0.4) is 0 Å². The Hall–Kier alpha value is -0.0800. The minimum Gasteiger partial charge on any atom is -0.330 e. The van der Waals surface area contributed by atoms with Gasteiger partial charge >= 0.3 is 0 Å². The second-order valence-corrected chi connectivity index (χ2v) is 5.52. The van der Waals surface area contributed by atoms with E-state index in [0.29, 0.717) is 12.0 Å². The quantitative estimate of drug-likeness (QED) is 0.603. The maximum atomic E-state index is 5.79. The van der Waals surface area contributed by atoms with Gasteiger partial charge in [-0.15, -0.1) is 0 Å². The first kappa shape index (κ1) is 15.9. The summed E-state index contributed by atoms with van der Waals surface area (Å²) in [6, 6.07) is 0.664. The molecule has 0 rings (SSSR count). The first-order valence-electron chi connectivity index (χ1n) is 7.03. The summed E-state index contributed by atoms with van der Waals surface area (Å²) in [7, 11) is 0. The molecule has 0 aromatic carbocycles. The average Bonchev–Trinajstić information content (AvgIpc) is 2.24. The van der Waals surface area contributed by atoms with Crippen LogP contribution in [-0.4, -0.2) is 19.1 Å². The van der Waals surface area contributed by atoms with Crippen LogP contribution >= 0.6 is 0 Å². The Bertz CT molecular complexity index is 146. The van der Waals surface area contributed by atoms with Gasteiger partial charge in [0.15, 0.2) is 0 Å². The average molecular weight is 228 g/mol. The summed E-state index contributed by atoms with van der Waals surface area (Å²) in [4.78, 5) is 0. The number of rotatable bonds is 10. The zero-order valence-electron chi connectivity index (χ0n) is 11.8. The molecule has 0 aromatic heterocycles. The van der Waals surface area contributed by atoms with E-state index in [4.69, 9.17) is 5.73 Å². The van der Waals surface area contributed by atoms with Crippen LogP contribution in [0.1, 0.15) is 59.8 Å². The number of hydrogen-bond donors (Lipinski definition) is 2. The molecule has 0 saturated heterocycles. The van der Waals surface area contributed by atoms with Gasteiger partial charge < -0.3 is 11.1 Å². The number of hydrogen-bond acceptors (Lipinski definition) is 2. The molecule has 16 heavy (non-hydrogen) atoms. The van der Waals surface area contributed by atoms with Crippen molar-refractivity contribution in [2.24, 2.45) is 17.6 Å². The molecule has 0 amide bonds. The van der Waals surface area contributed by atoms with Crippen LogP contribution in [-0.2, 0) is 0 Å². The van der Waals surface area contributed by atoms with E-state index in [0.717, 1.165) is 19.0 Å². The van der Waals surface area contributed by atoms with Gasteiger partial charge in [-0.3, -0.25) is 0 Å². The lowest BCUT2D eigenvalue weighted by Crippen LogP contribution is -2.29. The van der Waals surface area contributed by atoms with Crippen LogP contribution < -0.4 is 11.1 Å². The van der Waals surface area contributed by atoms with E-state index < -0.39 is 0 Å². The van der Waals surface area contributed by atoms with Crippen LogP contribution in [0, 0.1) is 11.8 Å².